The van der Waals surface area contributed by atoms with Crippen molar-refractivity contribution in [1.29, 1.82) is 0 Å². The van der Waals surface area contributed by atoms with Crippen molar-refractivity contribution in [2.45, 2.75) is 50.3 Å². The predicted molar refractivity (Wildman–Crippen MR) is 106 cm³/mol. The fourth-order valence-electron chi connectivity index (χ4n) is 5.05. The molecule has 1 heterocycles. The van der Waals surface area contributed by atoms with Crippen LogP contribution in [0.4, 0.5) is 0 Å². The Morgan fingerprint density at radius 2 is 1.93 bits per heavy atom. The largest absolute Gasteiger partial charge is 0.353 e. The van der Waals surface area contributed by atoms with Gasteiger partial charge in [0, 0.05) is 30.1 Å². The molecular weight excluding hydrogens is 384 g/mol. The number of nitrogens with one attached hydrogen (secondary N) is 1. The summed E-state index contributed by atoms with van der Waals surface area (Å²) in [4.78, 5) is 12.6. The second-order valence-electron chi connectivity index (χ2n) is 8.35. The molecule has 1 amide bonds. The van der Waals surface area contributed by atoms with E-state index in [0.717, 1.165) is 12.3 Å². The van der Waals surface area contributed by atoms with Gasteiger partial charge in [0.2, 0.25) is 15.9 Å². The van der Waals surface area contributed by atoms with Crippen LogP contribution >= 0.6 is 11.6 Å². The first kappa shape index (κ1) is 19.2. The summed E-state index contributed by atoms with van der Waals surface area (Å²) >= 11 is 5.95. The third-order valence-corrected chi connectivity index (χ3v) is 8.61. The molecule has 27 heavy (non-hydrogen) atoms. The van der Waals surface area contributed by atoms with Crippen LogP contribution in [0.5, 0.6) is 0 Å². The fourth-order valence-corrected chi connectivity index (χ4v) is 6.81. The molecular formula is C20H27ClN2O3S. The molecule has 1 N–H and O–H groups in total. The normalized spacial score (nSPS) is 29.1. The van der Waals surface area contributed by atoms with Gasteiger partial charge < -0.3 is 5.32 Å². The molecule has 3 fully saturated rings. The smallest absolute Gasteiger partial charge is 0.223 e. The molecule has 3 atom stereocenters. The van der Waals surface area contributed by atoms with Gasteiger partial charge in [-0.15, -0.1) is 0 Å². The molecule has 0 radical (unpaired) electrons. The molecule has 2 aliphatic carbocycles. The number of piperidine rings is 1. The van der Waals surface area contributed by atoms with Crippen molar-refractivity contribution in [3.05, 3.63) is 34.9 Å². The van der Waals surface area contributed by atoms with Crippen LogP contribution in [0, 0.1) is 17.8 Å². The molecule has 1 saturated heterocycles. The van der Waals surface area contributed by atoms with Crippen LogP contribution in [0.2, 0.25) is 5.02 Å². The molecule has 0 aromatic heterocycles. The van der Waals surface area contributed by atoms with E-state index in [0.29, 0.717) is 48.5 Å². The Hall–Kier alpha value is -1.11. The highest BCUT2D eigenvalue weighted by molar-refractivity contribution is 7.88. The fraction of sp³-hybridized carbons (Fsp3) is 0.650. The highest BCUT2D eigenvalue weighted by atomic mass is 35.5. The van der Waals surface area contributed by atoms with E-state index in [1.165, 1.54) is 23.6 Å². The Balaban J connectivity index is 1.29. The van der Waals surface area contributed by atoms with E-state index in [1.807, 2.05) is 0 Å². The molecule has 0 spiro atoms. The molecule has 5 nitrogen and oxygen atoms in total. The summed E-state index contributed by atoms with van der Waals surface area (Å²) in [6, 6.07) is 7.31. The number of rotatable bonds is 5. The first-order chi connectivity index (χ1) is 12.9. The van der Waals surface area contributed by atoms with Crippen molar-refractivity contribution in [3.63, 3.8) is 0 Å². The van der Waals surface area contributed by atoms with E-state index in [9.17, 15) is 13.2 Å². The number of fused-ring (bicyclic) bond motifs is 2. The lowest BCUT2D eigenvalue weighted by atomic mass is 9.93. The van der Waals surface area contributed by atoms with Crippen LogP contribution in [-0.2, 0) is 20.6 Å². The van der Waals surface area contributed by atoms with Crippen molar-refractivity contribution in [3.8, 4) is 0 Å². The van der Waals surface area contributed by atoms with E-state index in [-0.39, 0.29) is 17.6 Å². The van der Waals surface area contributed by atoms with Gasteiger partial charge in [-0.1, -0.05) is 30.2 Å². The van der Waals surface area contributed by atoms with Crippen molar-refractivity contribution in [2.75, 3.05) is 13.1 Å². The van der Waals surface area contributed by atoms with Gasteiger partial charge in [0.15, 0.2) is 0 Å². The third-order valence-electron chi connectivity index (χ3n) is 6.52. The summed E-state index contributed by atoms with van der Waals surface area (Å²) in [5.74, 6) is 1.48. The Morgan fingerprint density at radius 1 is 1.15 bits per heavy atom. The van der Waals surface area contributed by atoms with E-state index in [2.05, 4.69) is 5.32 Å². The zero-order valence-electron chi connectivity index (χ0n) is 15.4. The minimum absolute atomic E-state index is 0.0461. The number of nitrogens with zero attached hydrogens (tertiary/aromatic N) is 1. The van der Waals surface area contributed by atoms with E-state index in [1.54, 1.807) is 24.3 Å². The lowest BCUT2D eigenvalue weighted by Gasteiger charge is -2.32. The molecule has 0 unspecified atom stereocenters. The maximum Gasteiger partial charge on any atom is 0.223 e. The van der Waals surface area contributed by atoms with E-state index < -0.39 is 10.0 Å². The van der Waals surface area contributed by atoms with Crippen molar-refractivity contribution in [1.82, 2.24) is 9.62 Å². The van der Waals surface area contributed by atoms with Gasteiger partial charge in [-0.2, -0.15) is 0 Å². The number of benzene rings is 1. The average Bonchev–Trinajstić information content (AvgIpc) is 3.24. The second kappa shape index (κ2) is 7.72. The second-order valence-corrected chi connectivity index (χ2v) is 10.8. The van der Waals surface area contributed by atoms with Gasteiger partial charge in [0.05, 0.1) is 5.75 Å². The minimum atomic E-state index is -3.39. The van der Waals surface area contributed by atoms with Crippen LogP contribution in [0.3, 0.4) is 0 Å². The van der Waals surface area contributed by atoms with E-state index in [4.69, 9.17) is 11.6 Å². The molecule has 148 valence electrons. The highest BCUT2D eigenvalue weighted by Gasteiger charge is 2.41. The predicted octanol–water partition coefficient (Wildman–Crippen LogP) is 3.19. The van der Waals surface area contributed by atoms with Crippen LogP contribution in [-0.4, -0.2) is 37.8 Å². The summed E-state index contributed by atoms with van der Waals surface area (Å²) in [7, 11) is -3.39. The van der Waals surface area contributed by atoms with Crippen LogP contribution in [0.15, 0.2) is 24.3 Å². The topological polar surface area (TPSA) is 66.5 Å². The molecule has 7 heteroatoms. The van der Waals surface area contributed by atoms with Gasteiger partial charge in [-0.05, 0) is 61.6 Å². The standard InChI is InChI=1S/C20H27ClN2O3S/c21-18-3-1-2-15(11-18)13-27(25,26)23-8-6-16(7-9-23)20(24)22-19-12-14-4-5-17(19)10-14/h1-3,11,14,16-17,19H,4-10,12-13H2,(H,22,24)/t14-,17-,19+/m0/s1. The first-order valence-corrected chi connectivity index (χ1v) is 11.9. The van der Waals surface area contributed by atoms with Crippen LogP contribution in [0.1, 0.15) is 44.1 Å². The average molecular weight is 411 g/mol. The summed E-state index contributed by atoms with van der Waals surface area (Å²) < 4.78 is 26.9. The summed E-state index contributed by atoms with van der Waals surface area (Å²) in [6.07, 6.45) is 6.16. The van der Waals surface area contributed by atoms with Gasteiger partial charge in [-0.25, -0.2) is 12.7 Å². The quantitative estimate of drug-likeness (QED) is 0.810. The Morgan fingerprint density at radius 3 is 2.56 bits per heavy atom. The summed E-state index contributed by atoms with van der Waals surface area (Å²) in [6.45, 7) is 0.829. The highest BCUT2D eigenvalue weighted by Crippen LogP contribution is 2.44. The Labute approximate surface area is 166 Å². The van der Waals surface area contributed by atoms with Crippen molar-refractivity contribution >= 4 is 27.5 Å². The number of halogens is 1. The van der Waals surface area contributed by atoms with Gasteiger partial charge in [0.25, 0.3) is 0 Å². The molecule has 1 aromatic carbocycles. The van der Waals surface area contributed by atoms with Crippen molar-refractivity contribution < 1.29 is 13.2 Å². The van der Waals surface area contributed by atoms with Gasteiger partial charge in [0.1, 0.15) is 0 Å². The number of amides is 1. The third kappa shape index (κ3) is 4.33. The number of carbonyl (C=O) groups is 1. The van der Waals surface area contributed by atoms with Gasteiger partial charge >= 0.3 is 0 Å². The number of hydrogen-bond donors (Lipinski definition) is 1. The molecule has 4 rings (SSSR count). The Bertz CT molecular complexity index is 805. The van der Waals surface area contributed by atoms with Gasteiger partial charge in [-0.3, -0.25) is 4.79 Å². The Kier molecular flexibility index (Phi) is 5.50. The lowest BCUT2D eigenvalue weighted by molar-refractivity contribution is -0.127. The number of carbonyl (C=O) groups excluding carboxylic acids is 1. The van der Waals surface area contributed by atoms with E-state index >= 15 is 0 Å². The zero-order chi connectivity index (χ0) is 19.0. The summed E-state index contributed by atoms with van der Waals surface area (Å²) in [5, 5.41) is 3.80. The maximum absolute atomic E-state index is 12.7. The molecule has 1 aromatic rings. The molecule has 2 saturated carbocycles. The lowest BCUT2D eigenvalue weighted by Crippen LogP contribution is -2.46. The summed E-state index contributed by atoms with van der Waals surface area (Å²) in [5.41, 5.74) is 0.693. The zero-order valence-corrected chi connectivity index (χ0v) is 17.0. The van der Waals surface area contributed by atoms with Crippen LogP contribution < -0.4 is 5.32 Å². The minimum Gasteiger partial charge on any atom is -0.353 e. The maximum atomic E-state index is 12.7. The number of hydrogen-bond acceptors (Lipinski definition) is 3. The van der Waals surface area contributed by atoms with Crippen LogP contribution in [0.25, 0.3) is 0 Å². The number of sulfonamides is 1. The monoisotopic (exact) mass is 410 g/mol. The van der Waals surface area contributed by atoms with Crippen molar-refractivity contribution in [2.24, 2.45) is 17.8 Å². The molecule has 1 aliphatic heterocycles. The molecule has 3 aliphatic rings. The SMILES string of the molecule is O=C(N[C@@H]1C[C@H]2CC[C@H]1C2)C1CCN(S(=O)(=O)Cc2cccc(Cl)c2)CC1. The first-order valence-electron chi connectivity index (χ1n) is 9.93. The molecule has 2 bridgehead atoms.